The molecule has 0 aliphatic carbocycles. The molecule has 0 aliphatic heterocycles. The van der Waals surface area contributed by atoms with E-state index in [1.54, 1.807) is 24.2 Å². The van der Waals surface area contributed by atoms with E-state index in [1.807, 2.05) is 29.9 Å². The normalized spacial score (nSPS) is 13.2. The number of nitrogens with zero attached hydrogens (tertiary/aromatic N) is 5. The van der Waals surface area contributed by atoms with Gasteiger partial charge in [-0.1, -0.05) is 32.5 Å². The van der Waals surface area contributed by atoms with Crippen molar-refractivity contribution in [2.24, 2.45) is 7.05 Å². The molecule has 126 valence electrons. The van der Waals surface area contributed by atoms with Gasteiger partial charge in [-0.25, -0.2) is 4.98 Å². The van der Waals surface area contributed by atoms with Crippen LogP contribution in [0.2, 0.25) is 0 Å². The first-order valence-corrected chi connectivity index (χ1v) is 8.67. The lowest BCUT2D eigenvalue weighted by Crippen LogP contribution is -2.09. The van der Waals surface area contributed by atoms with Gasteiger partial charge in [0.05, 0.1) is 11.4 Å². The highest BCUT2D eigenvalue weighted by atomic mass is 32.2. The third-order valence-corrected chi connectivity index (χ3v) is 4.77. The maximum absolute atomic E-state index is 5.91. The first kappa shape index (κ1) is 16.7. The number of thioether (sulfide) groups is 1. The van der Waals surface area contributed by atoms with Gasteiger partial charge in [-0.15, -0.1) is 10.2 Å². The van der Waals surface area contributed by atoms with Gasteiger partial charge in [0.2, 0.25) is 5.89 Å². The van der Waals surface area contributed by atoms with Gasteiger partial charge in [0.15, 0.2) is 11.0 Å². The average Bonchev–Trinajstić information content (AvgIpc) is 3.16. The standard InChI is InChI=1S/C17H21N5OS/c1-11(15-19-10-13(23-15)17(2,3)4)24-16-21-20-14(22(16)5)12-7-6-8-18-9-12/h6-11H,1-5H3. The van der Waals surface area contributed by atoms with E-state index in [9.17, 15) is 0 Å². The Morgan fingerprint density at radius 3 is 2.62 bits per heavy atom. The van der Waals surface area contributed by atoms with E-state index in [1.165, 1.54) is 0 Å². The Kier molecular flexibility index (Phi) is 4.45. The molecule has 24 heavy (non-hydrogen) atoms. The molecule has 0 N–H and O–H groups in total. The van der Waals surface area contributed by atoms with Crippen molar-refractivity contribution >= 4 is 11.8 Å². The lowest BCUT2D eigenvalue weighted by molar-refractivity contribution is 0.383. The summed E-state index contributed by atoms with van der Waals surface area (Å²) >= 11 is 1.58. The monoisotopic (exact) mass is 343 g/mol. The minimum atomic E-state index is -0.0477. The van der Waals surface area contributed by atoms with Crippen LogP contribution in [-0.4, -0.2) is 24.7 Å². The van der Waals surface area contributed by atoms with E-state index >= 15 is 0 Å². The highest BCUT2D eigenvalue weighted by Gasteiger charge is 2.23. The molecular weight excluding hydrogens is 322 g/mol. The summed E-state index contributed by atoms with van der Waals surface area (Å²) in [5.74, 6) is 2.38. The van der Waals surface area contributed by atoms with Crippen LogP contribution in [-0.2, 0) is 12.5 Å². The molecule has 0 radical (unpaired) electrons. The van der Waals surface area contributed by atoms with Crippen molar-refractivity contribution in [3.63, 3.8) is 0 Å². The third-order valence-electron chi connectivity index (χ3n) is 3.65. The fourth-order valence-electron chi connectivity index (χ4n) is 2.19. The second-order valence-corrected chi connectivity index (χ2v) is 7.99. The molecule has 1 atom stereocenters. The van der Waals surface area contributed by atoms with Crippen LogP contribution in [0.1, 0.15) is 44.6 Å². The number of aromatic nitrogens is 5. The number of rotatable bonds is 4. The SMILES string of the molecule is CC(Sc1nnc(-c2cccnc2)n1C)c1ncc(C(C)(C)C)o1. The third kappa shape index (κ3) is 3.36. The van der Waals surface area contributed by atoms with Crippen LogP contribution in [0.4, 0.5) is 0 Å². The van der Waals surface area contributed by atoms with E-state index in [0.717, 1.165) is 22.3 Å². The highest BCUT2D eigenvalue weighted by Crippen LogP contribution is 2.35. The minimum Gasteiger partial charge on any atom is -0.444 e. The van der Waals surface area contributed by atoms with E-state index in [-0.39, 0.29) is 10.7 Å². The highest BCUT2D eigenvalue weighted by molar-refractivity contribution is 7.99. The molecule has 0 aliphatic rings. The summed E-state index contributed by atoms with van der Waals surface area (Å²) in [6, 6.07) is 3.86. The van der Waals surface area contributed by atoms with Crippen LogP contribution in [0.5, 0.6) is 0 Å². The molecule has 3 rings (SSSR count). The smallest absolute Gasteiger partial charge is 0.207 e. The van der Waals surface area contributed by atoms with Gasteiger partial charge in [-0.3, -0.25) is 4.98 Å². The summed E-state index contributed by atoms with van der Waals surface area (Å²) in [7, 11) is 1.95. The number of oxazole rings is 1. The first-order chi connectivity index (χ1) is 11.4. The molecule has 3 aromatic heterocycles. The molecule has 0 aromatic carbocycles. The Balaban J connectivity index is 1.79. The molecule has 0 spiro atoms. The molecule has 7 heteroatoms. The predicted octanol–water partition coefficient (Wildman–Crippen LogP) is 4.02. The Bertz CT molecular complexity index is 819. The van der Waals surface area contributed by atoms with Crippen LogP contribution in [0.25, 0.3) is 11.4 Å². The molecule has 6 nitrogen and oxygen atoms in total. The zero-order chi connectivity index (χ0) is 17.3. The fourth-order valence-corrected chi connectivity index (χ4v) is 3.05. The van der Waals surface area contributed by atoms with Crippen LogP contribution in [0.3, 0.4) is 0 Å². The van der Waals surface area contributed by atoms with Gasteiger partial charge >= 0.3 is 0 Å². The van der Waals surface area contributed by atoms with Crippen molar-refractivity contribution in [3.05, 3.63) is 42.4 Å². The van der Waals surface area contributed by atoms with Gasteiger partial charge in [0, 0.05) is 30.4 Å². The maximum Gasteiger partial charge on any atom is 0.207 e. The molecule has 1 unspecified atom stereocenters. The van der Waals surface area contributed by atoms with Gasteiger partial charge < -0.3 is 8.98 Å². The van der Waals surface area contributed by atoms with E-state index < -0.39 is 0 Å². The molecule has 3 heterocycles. The lowest BCUT2D eigenvalue weighted by Gasteiger charge is -2.13. The Morgan fingerprint density at radius 1 is 1.21 bits per heavy atom. The Hall–Kier alpha value is -2.15. The molecule has 0 amide bonds. The van der Waals surface area contributed by atoms with E-state index in [2.05, 4.69) is 47.9 Å². The van der Waals surface area contributed by atoms with Crippen LogP contribution in [0.15, 0.2) is 40.3 Å². The van der Waals surface area contributed by atoms with E-state index in [4.69, 9.17) is 4.42 Å². The van der Waals surface area contributed by atoms with Crippen molar-refractivity contribution in [2.45, 2.75) is 43.5 Å². The summed E-state index contributed by atoms with van der Waals surface area (Å²) in [6.45, 7) is 8.38. The van der Waals surface area contributed by atoms with Gasteiger partial charge in [-0.2, -0.15) is 0 Å². The van der Waals surface area contributed by atoms with Crippen molar-refractivity contribution in [2.75, 3.05) is 0 Å². The van der Waals surface area contributed by atoms with Crippen molar-refractivity contribution in [1.29, 1.82) is 0 Å². The molecule has 0 bridgehead atoms. The number of pyridine rings is 1. The summed E-state index contributed by atoms with van der Waals surface area (Å²) < 4.78 is 7.88. The number of hydrogen-bond donors (Lipinski definition) is 0. The predicted molar refractivity (Wildman–Crippen MR) is 93.7 cm³/mol. The maximum atomic E-state index is 5.91. The van der Waals surface area contributed by atoms with E-state index in [0.29, 0.717) is 5.89 Å². The molecule has 0 fully saturated rings. The first-order valence-electron chi connectivity index (χ1n) is 7.79. The minimum absolute atomic E-state index is 0.0470. The van der Waals surface area contributed by atoms with Gasteiger partial charge in [-0.05, 0) is 19.1 Å². The fraction of sp³-hybridized carbons (Fsp3) is 0.412. The second-order valence-electron chi connectivity index (χ2n) is 6.68. The van der Waals surface area contributed by atoms with Crippen LogP contribution in [0, 0.1) is 0 Å². The van der Waals surface area contributed by atoms with Crippen molar-refractivity contribution < 1.29 is 4.42 Å². The van der Waals surface area contributed by atoms with Crippen molar-refractivity contribution in [3.8, 4) is 11.4 Å². The number of hydrogen-bond acceptors (Lipinski definition) is 6. The molecule has 0 saturated heterocycles. The average molecular weight is 343 g/mol. The zero-order valence-electron chi connectivity index (χ0n) is 14.5. The van der Waals surface area contributed by atoms with Gasteiger partial charge in [0.25, 0.3) is 0 Å². The Morgan fingerprint density at radius 2 is 2.00 bits per heavy atom. The molecule has 0 saturated carbocycles. The van der Waals surface area contributed by atoms with Crippen LogP contribution >= 0.6 is 11.8 Å². The summed E-state index contributed by atoms with van der Waals surface area (Å²) in [5.41, 5.74) is 0.895. The van der Waals surface area contributed by atoms with Gasteiger partial charge in [0.1, 0.15) is 5.76 Å². The largest absolute Gasteiger partial charge is 0.444 e. The zero-order valence-corrected chi connectivity index (χ0v) is 15.3. The molecule has 3 aromatic rings. The topological polar surface area (TPSA) is 69.6 Å². The quantitative estimate of drug-likeness (QED) is 0.667. The summed E-state index contributed by atoms with van der Waals surface area (Å²) in [6.07, 6.45) is 5.34. The summed E-state index contributed by atoms with van der Waals surface area (Å²) in [5, 5.41) is 9.43. The second kappa shape index (κ2) is 6.39. The molecular formula is C17H21N5OS. The lowest BCUT2D eigenvalue weighted by atomic mass is 9.94. The summed E-state index contributed by atoms with van der Waals surface area (Å²) in [4.78, 5) is 8.55. The van der Waals surface area contributed by atoms with Crippen molar-refractivity contribution in [1.82, 2.24) is 24.7 Å². The van der Waals surface area contributed by atoms with Crippen LogP contribution < -0.4 is 0 Å². The Labute approximate surface area is 145 Å².